The number of hydrogen-bond acceptors (Lipinski definition) is 4. The van der Waals surface area contributed by atoms with Gasteiger partial charge >= 0.3 is 5.69 Å². The van der Waals surface area contributed by atoms with Gasteiger partial charge in [-0.25, -0.2) is 0 Å². The fraction of sp³-hybridized carbons (Fsp3) is 0.455. The van der Waals surface area contributed by atoms with E-state index in [2.05, 4.69) is 0 Å². The van der Waals surface area contributed by atoms with Gasteiger partial charge in [0.25, 0.3) is 0 Å². The van der Waals surface area contributed by atoms with Crippen LogP contribution in [0.4, 0.5) is 5.69 Å². The highest BCUT2D eigenvalue weighted by Crippen LogP contribution is 2.38. The van der Waals surface area contributed by atoms with Crippen molar-refractivity contribution in [3.8, 4) is 5.75 Å². The number of benzene rings is 1. The molecule has 0 amide bonds. The van der Waals surface area contributed by atoms with Crippen molar-refractivity contribution in [2.75, 3.05) is 13.7 Å². The minimum Gasteiger partial charge on any atom is -0.480 e. The standard InChI is InChI=1S/C11H13NO4/c1-7-3-8-5-9(6-15-2)16-11(8)10(4-7)12(13)14/h3-4,9H,5-6H2,1-2H3/t9-/m0/s1. The topological polar surface area (TPSA) is 61.6 Å². The monoisotopic (exact) mass is 223 g/mol. The van der Waals surface area contributed by atoms with Crippen LogP contribution in [-0.4, -0.2) is 24.7 Å². The summed E-state index contributed by atoms with van der Waals surface area (Å²) in [6, 6.07) is 3.46. The van der Waals surface area contributed by atoms with E-state index in [0.717, 1.165) is 11.1 Å². The molecule has 1 aromatic carbocycles. The Morgan fingerprint density at radius 1 is 1.62 bits per heavy atom. The van der Waals surface area contributed by atoms with Crippen molar-refractivity contribution >= 4 is 5.69 Å². The molecule has 1 aromatic rings. The van der Waals surface area contributed by atoms with E-state index in [1.165, 1.54) is 6.07 Å². The van der Waals surface area contributed by atoms with E-state index >= 15 is 0 Å². The van der Waals surface area contributed by atoms with E-state index in [4.69, 9.17) is 9.47 Å². The molecular weight excluding hydrogens is 210 g/mol. The maximum Gasteiger partial charge on any atom is 0.311 e. The van der Waals surface area contributed by atoms with Crippen LogP contribution in [0.1, 0.15) is 11.1 Å². The summed E-state index contributed by atoms with van der Waals surface area (Å²) in [6.07, 6.45) is 0.562. The molecule has 0 bridgehead atoms. The molecule has 2 rings (SSSR count). The Morgan fingerprint density at radius 3 is 3.00 bits per heavy atom. The Labute approximate surface area is 93.1 Å². The maximum atomic E-state index is 10.9. The Balaban J connectivity index is 2.36. The molecule has 0 saturated heterocycles. The first-order valence-electron chi connectivity index (χ1n) is 5.05. The number of methoxy groups -OCH3 is 1. The average Bonchev–Trinajstić information content (AvgIpc) is 2.59. The molecule has 0 unspecified atom stereocenters. The molecule has 5 nitrogen and oxygen atoms in total. The molecule has 86 valence electrons. The minimum atomic E-state index is -0.402. The van der Waals surface area contributed by atoms with Crippen molar-refractivity contribution in [3.63, 3.8) is 0 Å². The second kappa shape index (κ2) is 4.09. The van der Waals surface area contributed by atoms with Crippen molar-refractivity contribution in [1.29, 1.82) is 0 Å². The first-order chi connectivity index (χ1) is 7.61. The van der Waals surface area contributed by atoms with Crippen LogP contribution in [0.15, 0.2) is 12.1 Å². The first-order valence-corrected chi connectivity index (χ1v) is 5.05. The summed E-state index contributed by atoms with van der Waals surface area (Å²) < 4.78 is 10.5. The fourth-order valence-electron chi connectivity index (χ4n) is 1.98. The van der Waals surface area contributed by atoms with Crippen molar-refractivity contribution in [2.45, 2.75) is 19.4 Å². The highest BCUT2D eigenvalue weighted by atomic mass is 16.6. The van der Waals surface area contributed by atoms with Crippen molar-refractivity contribution in [2.24, 2.45) is 0 Å². The summed E-state index contributed by atoms with van der Waals surface area (Å²) in [4.78, 5) is 10.5. The van der Waals surface area contributed by atoms with Gasteiger partial charge in [0.1, 0.15) is 6.10 Å². The molecule has 1 heterocycles. The minimum absolute atomic E-state index is 0.0496. The van der Waals surface area contributed by atoms with E-state index in [1.54, 1.807) is 7.11 Å². The molecule has 0 aromatic heterocycles. The van der Waals surface area contributed by atoms with E-state index in [1.807, 2.05) is 13.0 Å². The molecule has 1 aliphatic heterocycles. The lowest BCUT2D eigenvalue weighted by atomic mass is 10.1. The van der Waals surface area contributed by atoms with Crippen LogP contribution in [0, 0.1) is 17.0 Å². The van der Waals surface area contributed by atoms with Gasteiger partial charge in [0.15, 0.2) is 0 Å². The number of nitro benzene ring substituents is 1. The molecule has 1 atom stereocenters. The second-order valence-corrected chi connectivity index (χ2v) is 3.93. The third-order valence-electron chi connectivity index (χ3n) is 2.57. The summed E-state index contributed by atoms with van der Waals surface area (Å²) in [5.41, 5.74) is 1.83. The average molecular weight is 223 g/mol. The van der Waals surface area contributed by atoms with Gasteiger partial charge in [0, 0.05) is 25.2 Å². The van der Waals surface area contributed by atoms with Crippen LogP contribution in [0.25, 0.3) is 0 Å². The summed E-state index contributed by atoms with van der Waals surface area (Å²) >= 11 is 0. The lowest BCUT2D eigenvalue weighted by Crippen LogP contribution is -2.19. The maximum absolute atomic E-state index is 10.9. The lowest BCUT2D eigenvalue weighted by molar-refractivity contribution is -0.385. The zero-order valence-corrected chi connectivity index (χ0v) is 9.23. The Kier molecular flexibility index (Phi) is 2.78. The molecule has 1 aliphatic rings. The van der Waals surface area contributed by atoms with Gasteiger partial charge in [-0.2, -0.15) is 0 Å². The predicted octanol–water partition coefficient (Wildman–Crippen LogP) is 1.85. The molecule has 0 aliphatic carbocycles. The van der Waals surface area contributed by atoms with Gasteiger partial charge in [-0.15, -0.1) is 0 Å². The van der Waals surface area contributed by atoms with E-state index in [0.29, 0.717) is 18.8 Å². The zero-order valence-electron chi connectivity index (χ0n) is 9.23. The lowest BCUT2D eigenvalue weighted by Gasteiger charge is -2.08. The highest BCUT2D eigenvalue weighted by molar-refractivity contribution is 5.56. The smallest absolute Gasteiger partial charge is 0.311 e. The van der Waals surface area contributed by atoms with Crippen LogP contribution in [0.5, 0.6) is 5.75 Å². The van der Waals surface area contributed by atoms with Crippen LogP contribution in [0.3, 0.4) is 0 Å². The fourth-order valence-corrected chi connectivity index (χ4v) is 1.98. The van der Waals surface area contributed by atoms with E-state index in [9.17, 15) is 10.1 Å². The molecule has 16 heavy (non-hydrogen) atoms. The SMILES string of the molecule is COC[C@@H]1Cc2cc(C)cc([N+](=O)[O-])c2O1. The number of nitro groups is 1. The van der Waals surface area contributed by atoms with Crippen molar-refractivity contribution in [3.05, 3.63) is 33.4 Å². The number of fused-ring (bicyclic) bond motifs is 1. The van der Waals surface area contributed by atoms with Crippen molar-refractivity contribution in [1.82, 2.24) is 0 Å². The van der Waals surface area contributed by atoms with Crippen LogP contribution >= 0.6 is 0 Å². The van der Waals surface area contributed by atoms with Gasteiger partial charge in [0.2, 0.25) is 5.75 Å². The predicted molar refractivity (Wildman–Crippen MR) is 57.8 cm³/mol. The van der Waals surface area contributed by atoms with Gasteiger partial charge < -0.3 is 9.47 Å². The van der Waals surface area contributed by atoms with Crippen LogP contribution in [0.2, 0.25) is 0 Å². The van der Waals surface area contributed by atoms with Crippen LogP contribution < -0.4 is 4.74 Å². The number of nitrogens with zero attached hydrogens (tertiary/aromatic N) is 1. The molecule has 5 heteroatoms. The molecule has 0 radical (unpaired) electrons. The van der Waals surface area contributed by atoms with Gasteiger partial charge in [-0.1, -0.05) is 6.07 Å². The second-order valence-electron chi connectivity index (χ2n) is 3.93. The summed E-state index contributed by atoms with van der Waals surface area (Å²) in [5.74, 6) is 0.401. The molecule has 0 fully saturated rings. The molecule has 0 spiro atoms. The molecule has 0 saturated carbocycles. The number of aryl methyl sites for hydroxylation is 1. The van der Waals surface area contributed by atoms with E-state index < -0.39 is 4.92 Å². The Morgan fingerprint density at radius 2 is 2.38 bits per heavy atom. The number of rotatable bonds is 3. The van der Waals surface area contributed by atoms with Gasteiger partial charge in [-0.05, 0) is 12.5 Å². The normalized spacial score (nSPS) is 18.0. The molecule has 0 N–H and O–H groups in total. The Hall–Kier alpha value is -1.62. The van der Waals surface area contributed by atoms with E-state index in [-0.39, 0.29) is 11.8 Å². The van der Waals surface area contributed by atoms with Gasteiger partial charge in [0.05, 0.1) is 11.5 Å². The quantitative estimate of drug-likeness (QED) is 0.579. The number of ether oxygens (including phenoxy) is 2. The number of hydrogen-bond donors (Lipinski definition) is 0. The first kappa shape index (κ1) is 10.9. The Bertz CT molecular complexity index is 430. The third kappa shape index (κ3) is 1.86. The summed E-state index contributed by atoms with van der Waals surface area (Å²) in [5, 5.41) is 10.9. The summed E-state index contributed by atoms with van der Waals surface area (Å²) in [6.45, 7) is 2.29. The summed E-state index contributed by atoms with van der Waals surface area (Å²) in [7, 11) is 1.59. The van der Waals surface area contributed by atoms with Crippen LogP contribution in [-0.2, 0) is 11.2 Å². The highest BCUT2D eigenvalue weighted by Gasteiger charge is 2.30. The van der Waals surface area contributed by atoms with Crippen molar-refractivity contribution < 1.29 is 14.4 Å². The molecular formula is C11H13NO4. The largest absolute Gasteiger partial charge is 0.480 e. The van der Waals surface area contributed by atoms with Gasteiger partial charge in [-0.3, -0.25) is 10.1 Å². The zero-order chi connectivity index (χ0) is 11.7. The third-order valence-corrected chi connectivity index (χ3v) is 2.57.